The molecule has 0 amide bonds. The van der Waals surface area contributed by atoms with Gasteiger partial charge in [0.1, 0.15) is 16.5 Å². The Morgan fingerprint density at radius 2 is 1.78 bits per heavy atom. The Bertz CT molecular complexity index is 1690. The van der Waals surface area contributed by atoms with Gasteiger partial charge in [0.15, 0.2) is 0 Å². The first-order valence-electron chi connectivity index (χ1n) is 11.5. The van der Waals surface area contributed by atoms with Crippen molar-refractivity contribution in [1.29, 1.82) is 0 Å². The van der Waals surface area contributed by atoms with E-state index in [0.717, 1.165) is 30.3 Å². The van der Waals surface area contributed by atoms with E-state index in [2.05, 4.69) is 25.7 Å². The maximum absolute atomic E-state index is 14.9. The number of hydrogen-bond acceptors (Lipinski definition) is 8. The van der Waals surface area contributed by atoms with Crippen molar-refractivity contribution < 1.29 is 12.8 Å². The Morgan fingerprint density at radius 1 is 0.944 bits per heavy atom. The van der Waals surface area contributed by atoms with E-state index in [1.807, 2.05) is 4.90 Å². The summed E-state index contributed by atoms with van der Waals surface area (Å²) in [5.41, 5.74) is 1.78. The molecule has 182 valence electrons. The SMILES string of the molecule is O=S(=O)(c1cccc2cccnc12)n1ncc2cnc(Nc3ccc(N4CCNCC4)c(F)c3)cc21. The van der Waals surface area contributed by atoms with Gasteiger partial charge >= 0.3 is 0 Å². The van der Waals surface area contributed by atoms with Crippen LogP contribution in [0.2, 0.25) is 0 Å². The summed E-state index contributed by atoms with van der Waals surface area (Å²) >= 11 is 0. The molecule has 2 N–H and O–H groups in total. The molecule has 5 aromatic rings. The van der Waals surface area contributed by atoms with Crippen molar-refractivity contribution in [3.8, 4) is 0 Å². The number of aromatic nitrogens is 4. The molecule has 1 aliphatic rings. The Balaban J connectivity index is 1.34. The van der Waals surface area contributed by atoms with Gasteiger partial charge in [-0.3, -0.25) is 4.98 Å². The molecule has 0 atom stereocenters. The zero-order valence-corrected chi connectivity index (χ0v) is 19.9. The lowest BCUT2D eigenvalue weighted by molar-refractivity contribution is 0.566. The van der Waals surface area contributed by atoms with Crippen molar-refractivity contribution in [1.82, 2.24) is 24.5 Å². The van der Waals surface area contributed by atoms with Crippen LogP contribution in [0.25, 0.3) is 21.8 Å². The predicted molar refractivity (Wildman–Crippen MR) is 137 cm³/mol. The third-order valence-corrected chi connectivity index (χ3v) is 7.83. The number of benzene rings is 2. The molecule has 3 aromatic heterocycles. The van der Waals surface area contributed by atoms with Crippen molar-refractivity contribution in [3.63, 3.8) is 0 Å². The van der Waals surface area contributed by atoms with Gasteiger partial charge in [-0.15, -0.1) is 0 Å². The van der Waals surface area contributed by atoms with E-state index in [-0.39, 0.29) is 10.7 Å². The standard InChI is InChI=1S/C25H22FN7O2S/c26-20-13-19(6-7-21(20)32-11-9-27-10-12-32)31-24-14-22-18(15-29-24)16-30-33(22)36(34,35)23-5-1-3-17-4-2-8-28-25(17)23/h1-8,13-16,27H,9-12H2,(H,29,31). The highest BCUT2D eigenvalue weighted by molar-refractivity contribution is 7.90. The van der Waals surface area contributed by atoms with Gasteiger partial charge in [-0.05, 0) is 30.3 Å². The molecular formula is C25H22FN7O2S. The fourth-order valence-electron chi connectivity index (χ4n) is 4.43. The molecule has 1 aliphatic heterocycles. The number of nitrogens with zero attached hydrogens (tertiary/aromatic N) is 5. The average molecular weight is 504 g/mol. The second-order valence-corrected chi connectivity index (χ2v) is 10.2. The minimum atomic E-state index is -4.05. The lowest BCUT2D eigenvalue weighted by Crippen LogP contribution is -2.43. The highest BCUT2D eigenvalue weighted by Gasteiger charge is 2.24. The molecular weight excluding hydrogens is 481 g/mol. The number of nitrogens with one attached hydrogen (secondary N) is 2. The molecule has 36 heavy (non-hydrogen) atoms. The summed E-state index contributed by atoms with van der Waals surface area (Å²) < 4.78 is 43.0. The molecule has 1 saturated heterocycles. The molecule has 0 aliphatic carbocycles. The lowest BCUT2D eigenvalue weighted by atomic mass is 10.2. The lowest BCUT2D eigenvalue weighted by Gasteiger charge is -2.29. The van der Waals surface area contributed by atoms with E-state index in [0.29, 0.717) is 39.0 Å². The molecule has 0 radical (unpaired) electrons. The van der Waals surface area contributed by atoms with Crippen LogP contribution >= 0.6 is 0 Å². The Hall–Kier alpha value is -4.09. The van der Waals surface area contributed by atoms with Crippen molar-refractivity contribution in [2.45, 2.75) is 4.90 Å². The fraction of sp³-hybridized carbons (Fsp3) is 0.160. The number of halogens is 1. The highest BCUT2D eigenvalue weighted by Crippen LogP contribution is 2.28. The van der Waals surface area contributed by atoms with E-state index in [1.54, 1.807) is 48.7 Å². The summed E-state index contributed by atoms with van der Waals surface area (Å²) in [6.45, 7) is 3.11. The minimum Gasteiger partial charge on any atom is -0.367 e. The monoisotopic (exact) mass is 503 g/mol. The van der Waals surface area contributed by atoms with Crippen LogP contribution < -0.4 is 15.5 Å². The number of piperazine rings is 1. The number of para-hydroxylation sites is 1. The second kappa shape index (κ2) is 8.85. The first-order valence-corrected chi connectivity index (χ1v) is 12.9. The van der Waals surface area contributed by atoms with Crippen LogP contribution in [-0.2, 0) is 10.0 Å². The van der Waals surface area contributed by atoms with Gasteiger partial charge in [-0.1, -0.05) is 18.2 Å². The van der Waals surface area contributed by atoms with Crippen LogP contribution in [-0.4, -0.2) is 53.8 Å². The van der Waals surface area contributed by atoms with Gasteiger partial charge in [-0.25, -0.2) is 9.37 Å². The Labute approximate surface area is 206 Å². The number of anilines is 3. The molecule has 11 heteroatoms. The summed E-state index contributed by atoms with van der Waals surface area (Å²) in [5, 5.41) is 11.7. The molecule has 2 aromatic carbocycles. The molecule has 1 fully saturated rings. The number of hydrogen-bond donors (Lipinski definition) is 2. The summed E-state index contributed by atoms with van der Waals surface area (Å²) in [5.74, 6) is 0.0314. The van der Waals surface area contributed by atoms with Crippen LogP contribution in [0.4, 0.5) is 21.6 Å². The van der Waals surface area contributed by atoms with E-state index in [1.165, 1.54) is 24.5 Å². The molecule has 4 heterocycles. The third-order valence-electron chi connectivity index (χ3n) is 6.20. The van der Waals surface area contributed by atoms with Crippen molar-refractivity contribution in [2.24, 2.45) is 0 Å². The smallest absolute Gasteiger partial charge is 0.285 e. The third kappa shape index (κ3) is 3.91. The van der Waals surface area contributed by atoms with Crippen molar-refractivity contribution in [2.75, 3.05) is 36.4 Å². The summed E-state index contributed by atoms with van der Waals surface area (Å²) in [4.78, 5) is 10.7. The van der Waals surface area contributed by atoms with Gasteiger partial charge in [0, 0.05) is 61.1 Å². The largest absolute Gasteiger partial charge is 0.367 e. The van der Waals surface area contributed by atoms with E-state index < -0.39 is 10.0 Å². The van der Waals surface area contributed by atoms with Gasteiger partial charge < -0.3 is 15.5 Å². The number of rotatable bonds is 5. The Morgan fingerprint density at radius 3 is 2.61 bits per heavy atom. The minimum absolute atomic E-state index is 0.0579. The molecule has 0 bridgehead atoms. The maximum Gasteiger partial charge on any atom is 0.285 e. The van der Waals surface area contributed by atoms with E-state index in [4.69, 9.17) is 0 Å². The van der Waals surface area contributed by atoms with Gasteiger partial charge in [0.2, 0.25) is 0 Å². The molecule has 0 saturated carbocycles. The molecule has 0 unspecified atom stereocenters. The second-order valence-electron chi connectivity index (χ2n) is 8.48. The zero-order chi connectivity index (χ0) is 24.7. The van der Waals surface area contributed by atoms with E-state index >= 15 is 0 Å². The topological polar surface area (TPSA) is 105 Å². The maximum atomic E-state index is 14.9. The van der Waals surface area contributed by atoms with Gasteiger partial charge in [0.25, 0.3) is 10.0 Å². The zero-order valence-electron chi connectivity index (χ0n) is 19.1. The first kappa shape index (κ1) is 22.4. The first-order chi connectivity index (χ1) is 17.5. The predicted octanol–water partition coefficient (Wildman–Crippen LogP) is 3.51. The molecule has 6 rings (SSSR count). The Kier molecular flexibility index (Phi) is 5.50. The molecule has 9 nitrogen and oxygen atoms in total. The van der Waals surface area contributed by atoms with Crippen LogP contribution in [0.5, 0.6) is 0 Å². The van der Waals surface area contributed by atoms with Crippen LogP contribution in [0.3, 0.4) is 0 Å². The van der Waals surface area contributed by atoms with Gasteiger partial charge in [0.05, 0.1) is 22.9 Å². The van der Waals surface area contributed by atoms with Gasteiger partial charge in [-0.2, -0.15) is 17.6 Å². The van der Waals surface area contributed by atoms with Crippen LogP contribution in [0.15, 0.2) is 78.1 Å². The summed E-state index contributed by atoms with van der Waals surface area (Å²) in [6, 6.07) is 15.1. The van der Waals surface area contributed by atoms with Crippen LogP contribution in [0.1, 0.15) is 0 Å². The fourth-order valence-corrected chi connectivity index (χ4v) is 5.87. The quantitative estimate of drug-likeness (QED) is 0.376. The van der Waals surface area contributed by atoms with Crippen molar-refractivity contribution in [3.05, 3.63) is 79.0 Å². The van der Waals surface area contributed by atoms with Crippen LogP contribution in [0, 0.1) is 5.82 Å². The number of pyridine rings is 2. The highest BCUT2D eigenvalue weighted by atomic mass is 32.2. The average Bonchev–Trinajstić information content (AvgIpc) is 3.33. The number of fused-ring (bicyclic) bond motifs is 2. The normalized spacial score (nSPS) is 14.4. The van der Waals surface area contributed by atoms with E-state index in [9.17, 15) is 12.8 Å². The molecule has 0 spiro atoms. The summed E-state index contributed by atoms with van der Waals surface area (Å²) in [6.07, 6.45) is 4.54. The summed E-state index contributed by atoms with van der Waals surface area (Å²) in [7, 11) is -4.05. The van der Waals surface area contributed by atoms with Crippen molar-refractivity contribution >= 4 is 49.0 Å².